The molecule has 2 saturated heterocycles. The lowest BCUT2D eigenvalue weighted by Crippen LogP contribution is -2.43. The molecule has 4 aliphatic heterocycles. The number of nitrogens with two attached hydrogens (primary N) is 1. The maximum Gasteiger partial charge on any atom is 0.418 e. The van der Waals surface area contributed by atoms with E-state index in [2.05, 4.69) is 34.5 Å². The second-order valence-electron chi connectivity index (χ2n) is 14.2. The highest BCUT2D eigenvalue weighted by atomic mass is 19.4. The summed E-state index contributed by atoms with van der Waals surface area (Å²) in [6, 6.07) is 3.06. The summed E-state index contributed by atoms with van der Waals surface area (Å²) < 4.78 is 73.7. The molecule has 0 saturated carbocycles. The molecule has 0 radical (unpaired) electrons. The standard InChI is InChI=1S/C37H39F4N9O3/c1-5-8-22-13-25(43)31(38)29(30(22)37(39,40)41)28-14-26-24(19-52-28)33(45-35(44-26)53-20-36-9-6-11-49(36)17-21(2)15-36)48-10-7-12-50-27(18-48)23(16-42)32(46-50)34(51)47(3)4/h13,28H,2,6-7,9-12,14-15,17-20,43H2,1,3-4H3/t28-,36+/m0/s1. The molecule has 53 heavy (non-hydrogen) atoms. The van der Waals surface area contributed by atoms with Crippen LogP contribution in [0.2, 0.25) is 0 Å². The molecule has 0 spiro atoms. The average Bonchev–Trinajstić information content (AvgIpc) is 3.70. The molecule has 2 atom stereocenters. The molecule has 1 amide bonds. The number of fused-ring (bicyclic) bond motifs is 3. The number of benzene rings is 1. The third-order valence-electron chi connectivity index (χ3n) is 10.5. The number of alkyl halides is 3. The van der Waals surface area contributed by atoms with Gasteiger partial charge in [-0.15, -0.1) is 5.92 Å². The SMILES string of the molecule is C=C1CN2CCC[C@]2(COc2nc3c(c(N4CCCn5nc(C(=O)N(C)C)c(C#N)c5C4)n2)CO[C@H](c2c(F)c(N)cc(C#CC)c2C(F)(F)F)C3)C1. The second-order valence-corrected chi connectivity index (χ2v) is 14.2. The van der Waals surface area contributed by atoms with Crippen molar-refractivity contribution in [3.63, 3.8) is 0 Å². The molecule has 278 valence electrons. The van der Waals surface area contributed by atoms with Crippen molar-refractivity contribution in [3.8, 4) is 23.9 Å². The number of aromatic nitrogens is 4. The van der Waals surface area contributed by atoms with Crippen LogP contribution in [-0.2, 0) is 37.0 Å². The zero-order valence-corrected chi connectivity index (χ0v) is 29.7. The zero-order chi connectivity index (χ0) is 37.8. The van der Waals surface area contributed by atoms with Crippen molar-refractivity contribution in [1.29, 1.82) is 5.26 Å². The highest BCUT2D eigenvalue weighted by Crippen LogP contribution is 2.45. The molecule has 2 N–H and O–H groups in total. The number of ether oxygens (including phenoxy) is 2. The van der Waals surface area contributed by atoms with E-state index in [-0.39, 0.29) is 49.0 Å². The molecule has 2 fully saturated rings. The lowest BCUT2D eigenvalue weighted by atomic mass is 9.90. The van der Waals surface area contributed by atoms with E-state index in [9.17, 15) is 23.2 Å². The number of anilines is 2. The summed E-state index contributed by atoms with van der Waals surface area (Å²) >= 11 is 0. The van der Waals surface area contributed by atoms with Gasteiger partial charge in [0.25, 0.3) is 5.91 Å². The monoisotopic (exact) mass is 733 g/mol. The number of rotatable bonds is 6. The van der Waals surface area contributed by atoms with Gasteiger partial charge in [-0.3, -0.25) is 14.4 Å². The number of nitriles is 1. The minimum absolute atomic E-state index is 0.0153. The summed E-state index contributed by atoms with van der Waals surface area (Å²) in [5, 5.41) is 14.6. The number of hydrogen-bond donors (Lipinski definition) is 1. The van der Waals surface area contributed by atoms with E-state index in [1.807, 2.05) is 4.90 Å². The van der Waals surface area contributed by atoms with Crippen LogP contribution in [0.5, 0.6) is 6.01 Å². The summed E-state index contributed by atoms with van der Waals surface area (Å²) in [6.07, 6.45) is -3.38. The van der Waals surface area contributed by atoms with Gasteiger partial charge in [0, 0.05) is 56.8 Å². The van der Waals surface area contributed by atoms with Crippen molar-refractivity contribution in [2.75, 3.05) is 51.0 Å². The van der Waals surface area contributed by atoms with Crippen LogP contribution in [0.25, 0.3) is 0 Å². The highest BCUT2D eigenvalue weighted by molar-refractivity contribution is 5.94. The van der Waals surface area contributed by atoms with Gasteiger partial charge in [-0.05, 0) is 45.2 Å². The van der Waals surface area contributed by atoms with E-state index < -0.39 is 46.4 Å². The maximum absolute atomic E-state index is 15.7. The molecule has 0 unspecified atom stereocenters. The first kappa shape index (κ1) is 36.2. The van der Waals surface area contributed by atoms with Crippen LogP contribution in [0.3, 0.4) is 0 Å². The predicted octanol–water partition coefficient (Wildman–Crippen LogP) is 4.76. The van der Waals surface area contributed by atoms with E-state index in [4.69, 9.17) is 25.2 Å². The van der Waals surface area contributed by atoms with Crippen LogP contribution in [0.1, 0.15) is 88.4 Å². The number of amides is 1. The third kappa shape index (κ3) is 6.44. The summed E-state index contributed by atoms with van der Waals surface area (Å²) in [7, 11) is 3.17. The number of carbonyl (C=O) groups is 1. The Kier molecular flexibility index (Phi) is 9.32. The molecule has 4 aliphatic rings. The van der Waals surface area contributed by atoms with Crippen molar-refractivity contribution >= 4 is 17.4 Å². The fraction of sp³-hybridized carbons (Fsp3) is 0.486. The molecule has 7 rings (SSSR count). The van der Waals surface area contributed by atoms with Crippen molar-refractivity contribution in [3.05, 3.63) is 68.9 Å². The number of aryl methyl sites for hydroxylation is 1. The topological polar surface area (TPSA) is 139 Å². The van der Waals surface area contributed by atoms with Gasteiger partial charge in [0.05, 0.1) is 47.4 Å². The Morgan fingerprint density at radius 3 is 2.74 bits per heavy atom. The van der Waals surface area contributed by atoms with Crippen LogP contribution >= 0.6 is 0 Å². The minimum Gasteiger partial charge on any atom is -0.461 e. The van der Waals surface area contributed by atoms with E-state index in [1.54, 1.807) is 18.8 Å². The lowest BCUT2D eigenvalue weighted by Gasteiger charge is -2.33. The van der Waals surface area contributed by atoms with E-state index in [1.165, 1.54) is 11.8 Å². The normalized spacial score (nSPS) is 21.2. The van der Waals surface area contributed by atoms with Gasteiger partial charge in [0.1, 0.15) is 24.1 Å². The summed E-state index contributed by atoms with van der Waals surface area (Å²) in [4.78, 5) is 28.1. The third-order valence-corrected chi connectivity index (χ3v) is 10.5. The molecule has 0 aliphatic carbocycles. The number of nitrogen functional groups attached to an aromatic ring is 1. The summed E-state index contributed by atoms with van der Waals surface area (Å²) in [5.41, 5.74) is 5.37. The van der Waals surface area contributed by atoms with Crippen LogP contribution < -0.4 is 15.4 Å². The number of hydrogen-bond acceptors (Lipinski definition) is 10. The summed E-state index contributed by atoms with van der Waals surface area (Å²) in [6.45, 7) is 8.31. The van der Waals surface area contributed by atoms with Crippen LogP contribution in [0.15, 0.2) is 18.2 Å². The van der Waals surface area contributed by atoms with Crippen molar-refractivity contribution < 1.29 is 31.8 Å². The largest absolute Gasteiger partial charge is 0.461 e. The molecule has 1 aromatic carbocycles. The number of nitrogens with zero attached hydrogens (tertiary/aromatic N) is 8. The van der Waals surface area contributed by atoms with Crippen LogP contribution in [0, 0.1) is 29.0 Å². The van der Waals surface area contributed by atoms with Gasteiger partial charge < -0.3 is 25.0 Å². The van der Waals surface area contributed by atoms with Gasteiger partial charge in [0.2, 0.25) is 0 Å². The fourth-order valence-corrected chi connectivity index (χ4v) is 8.10. The van der Waals surface area contributed by atoms with E-state index in [0.717, 1.165) is 44.0 Å². The molecular weight excluding hydrogens is 694 g/mol. The number of carbonyl (C=O) groups excluding carboxylic acids is 1. The zero-order valence-electron chi connectivity index (χ0n) is 29.7. The van der Waals surface area contributed by atoms with Crippen molar-refractivity contribution in [1.82, 2.24) is 29.5 Å². The van der Waals surface area contributed by atoms with Gasteiger partial charge in [-0.1, -0.05) is 18.1 Å². The highest BCUT2D eigenvalue weighted by Gasteiger charge is 2.47. The molecular formula is C37H39F4N9O3. The van der Waals surface area contributed by atoms with Crippen molar-refractivity contribution in [2.45, 2.75) is 76.5 Å². The Morgan fingerprint density at radius 1 is 1.23 bits per heavy atom. The first-order valence-corrected chi connectivity index (χ1v) is 17.4. The quantitative estimate of drug-likeness (QED) is 0.164. The van der Waals surface area contributed by atoms with Gasteiger partial charge in [0.15, 0.2) is 11.5 Å². The molecule has 0 bridgehead atoms. The Labute approximate surface area is 304 Å². The fourth-order valence-electron chi connectivity index (χ4n) is 8.10. The van der Waals surface area contributed by atoms with Crippen molar-refractivity contribution in [2.24, 2.45) is 0 Å². The first-order valence-electron chi connectivity index (χ1n) is 17.4. The molecule has 3 aromatic rings. The Bertz CT molecular complexity index is 2110. The summed E-state index contributed by atoms with van der Waals surface area (Å²) in [5.74, 6) is 3.66. The minimum atomic E-state index is -4.96. The first-order chi connectivity index (χ1) is 25.2. The lowest BCUT2D eigenvalue weighted by molar-refractivity contribution is -0.140. The van der Waals surface area contributed by atoms with Gasteiger partial charge in [-0.2, -0.15) is 33.5 Å². The van der Waals surface area contributed by atoms with E-state index >= 15 is 4.39 Å². The number of halogens is 4. The van der Waals surface area contributed by atoms with Crippen LogP contribution in [0.4, 0.5) is 29.1 Å². The van der Waals surface area contributed by atoms with Gasteiger partial charge in [-0.25, -0.2) is 4.39 Å². The average molecular weight is 734 g/mol. The second kappa shape index (κ2) is 13.7. The Morgan fingerprint density at radius 2 is 2.02 bits per heavy atom. The molecule has 6 heterocycles. The maximum atomic E-state index is 15.7. The van der Waals surface area contributed by atoms with E-state index in [0.29, 0.717) is 42.3 Å². The molecule has 12 nitrogen and oxygen atoms in total. The van der Waals surface area contributed by atoms with Gasteiger partial charge >= 0.3 is 12.2 Å². The smallest absolute Gasteiger partial charge is 0.418 e. The van der Waals surface area contributed by atoms with Crippen LogP contribution in [-0.4, -0.2) is 81.3 Å². The predicted molar refractivity (Wildman–Crippen MR) is 185 cm³/mol. The Hall–Kier alpha value is -5.19. The molecule has 2 aromatic heterocycles. The molecule has 16 heteroatoms. The Balaban J connectivity index is 1.31.